The van der Waals surface area contributed by atoms with Crippen molar-refractivity contribution in [2.75, 3.05) is 11.1 Å². The highest BCUT2D eigenvalue weighted by atomic mass is 32.2. The van der Waals surface area contributed by atoms with E-state index >= 15 is 0 Å². The van der Waals surface area contributed by atoms with Crippen molar-refractivity contribution in [3.05, 3.63) is 53.6 Å². The molecule has 134 valence electrons. The van der Waals surface area contributed by atoms with Gasteiger partial charge in [-0.05, 0) is 19.4 Å². The molecule has 1 amide bonds. The van der Waals surface area contributed by atoms with Crippen molar-refractivity contribution < 1.29 is 4.79 Å². The number of anilines is 1. The number of carbonyl (C=O) groups excluding carboxylic acids is 1. The van der Waals surface area contributed by atoms with E-state index in [1.807, 2.05) is 48.1 Å². The number of rotatable bonds is 7. The van der Waals surface area contributed by atoms with Crippen LogP contribution in [0.25, 0.3) is 11.4 Å². The molecule has 6 nitrogen and oxygen atoms in total. The summed E-state index contributed by atoms with van der Waals surface area (Å²) >= 11 is 2.76. The number of benzene rings is 1. The van der Waals surface area contributed by atoms with Gasteiger partial charge in [0.25, 0.3) is 0 Å². The van der Waals surface area contributed by atoms with Crippen LogP contribution in [0.5, 0.6) is 0 Å². The van der Waals surface area contributed by atoms with Gasteiger partial charge in [-0.1, -0.05) is 42.1 Å². The monoisotopic (exact) mass is 385 g/mol. The maximum Gasteiger partial charge on any atom is 0.236 e. The van der Waals surface area contributed by atoms with Crippen molar-refractivity contribution in [2.24, 2.45) is 0 Å². The van der Waals surface area contributed by atoms with Crippen LogP contribution in [0.4, 0.5) is 5.13 Å². The molecule has 1 N–H and O–H groups in total. The first-order chi connectivity index (χ1) is 12.6. The summed E-state index contributed by atoms with van der Waals surface area (Å²) in [5.74, 6) is 0.901. The zero-order chi connectivity index (χ0) is 18.5. The van der Waals surface area contributed by atoms with E-state index < -0.39 is 0 Å². The molecule has 0 saturated heterocycles. The first kappa shape index (κ1) is 18.3. The summed E-state index contributed by atoms with van der Waals surface area (Å²) in [6.45, 7) is 8.33. The molecular weight excluding hydrogens is 366 g/mol. The Morgan fingerprint density at radius 2 is 2.15 bits per heavy atom. The van der Waals surface area contributed by atoms with Gasteiger partial charge in [0, 0.05) is 17.5 Å². The number of nitrogens with zero attached hydrogens (tertiary/aromatic N) is 4. The molecule has 0 unspecified atom stereocenters. The van der Waals surface area contributed by atoms with E-state index in [4.69, 9.17) is 0 Å². The first-order valence-electron chi connectivity index (χ1n) is 8.03. The Bertz CT molecular complexity index is 931. The lowest BCUT2D eigenvalue weighted by atomic mass is 10.1. The van der Waals surface area contributed by atoms with E-state index in [1.165, 1.54) is 23.1 Å². The van der Waals surface area contributed by atoms with Gasteiger partial charge in [-0.25, -0.2) is 4.98 Å². The molecule has 0 atom stereocenters. The number of nitrogens with one attached hydrogen (secondary N) is 1. The minimum absolute atomic E-state index is 0.116. The fraction of sp³-hybridized carbons (Fsp3) is 0.222. The fourth-order valence-corrected chi connectivity index (χ4v) is 3.86. The lowest BCUT2D eigenvalue weighted by Gasteiger charge is -2.09. The van der Waals surface area contributed by atoms with Crippen molar-refractivity contribution in [3.63, 3.8) is 0 Å². The van der Waals surface area contributed by atoms with Crippen LogP contribution in [0.1, 0.15) is 11.3 Å². The quantitative estimate of drug-likeness (QED) is 0.493. The molecule has 0 spiro atoms. The van der Waals surface area contributed by atoms with Gasteiger partial charge < -0.3 is 5.32 Å². The number of aryl methyl sites for hydroxylation is 2. The number of amides is 1. The minimum Gasteiger partial charge on any atom is -0.301 e. The largest absolute Gasteiger partial charge is 0.301 e. The smallest absolute Gasteiger partial charge is 0.236 e. The van der Waals surface area contributed by atoms with Gasteiger partial charge in [0.2, 0.25) is 5.91 Å². The molecule has 1 aromatic carbocycles. The van der Waals surface area contributed by atoms with E-state index in [-0.39, 0.29) is 11.7 Å². The summed E-state index contributed by atoms with van der Waals surface area (Å²) in [7, 11) is 0. The molecule has 0 aliphatic heterocycles. The van der Waals surface area contributed by atoms with Gasteiger partial charge in [0.15, 0.2) is 16.1 Å². The van der Waals surface area contributed by atoms with Crippen molar-refractivity contribution in [2.45, 2.75) is 25.5 Å². The third-order valence-corrected chi connectivity index (χ3v) is 5.45. The molecule has 2 heterocycles. The van der Waals surface area contributed by atoms with Crippen LogP contribution in [0, 0.1) is 13.8 Å². The molecule has 0 fully saturated rings. The number of thioether (sulfide) groups is 1. The van der Waals surface area contributed by atoms with Crippen molar-refractivity contribution >= 4 is 34.1 Å². The fourth-order valence-electron chi connectivity index (χ4n) is 2.41. The van der Waals surface area contributed by atoms with Crippen LogP contribution >= 0.6 is 23.1 Å². The summed E-state index contributed by atoms with van der Waals surface area (Å²) < 4.78 is 1.97. The first-order valence-corrected chi connectivity index (χ1v) is 9.90. The molecule has 2 aromatic heterocycles. The number of aromatic nitrogens is 4. The summed E-state index contributed by atoms with van der Waals surface area (Å²) in [6.07, 6.45) is 1.80. The second-order valence-electron chi connectivity index (χ2n) is 5.65. The molecule has 0 bridgehead atoms. The molecule has 0 saturated carbocycles. The molecule has 0 aliphatic carbocycles. The number of hydrogen-bond acceptors (Lipinski definition) is 6. The zero-order valence-electron chi connectivity index (χ0n) is 14.6. The van der Waals surface area contributed by atoms with E-state index in [0.29, 0.717) is 16.8 Å². The van der Waals surface area contributed by atoms with Crippen molar-refractivity contribution in [1.82, 2.24) is 19.7 Å². The highest BCUT2D eigenvalue weighted by molar-refractivity contribution is 7.99. The maximum atomic E-state index is 12.2. The van der Waals surface area contributed by atoms with Crippen LogP contribution in [0.15, 0.2) is 47.5 Å². The van der Waals surface area contributed by atoms with E-state index in [0.717, 1.165) is 22.6 Å². The standard InChI is InChI=1S/C18H19N5OS2/c1-4-9-23-16(14-8-6-5-7-12(14)2)21-22-18(23)26-11-15(24)20-17-19-13(3)10-25-17/h4-8,10H,1,9,11H2,2-3H3,(H,19,20,24). The number of carbonyl (C=O) groups is 1. The van der Waals surface area contributed by atoms with Crippen LogP contribution in [0.2, 0.25) is 0 Å². The third-order valence-electron chi connectivity index (χ3n) is 3.61. The normalized spacial score (nSPS) is 10.7. The topological polar surface area (TPSA) is 72.7 Å². The Balaban J connectivity index is 1.74. The Morgan fingerprint density at radius 3 is 2.85 bits per heavy atom. The molecule has 0 aliphatic rings. The average Bonchev–Trinajstić information content (AvgIpc) is 3.20. The Kier molecular flexibility index (Phi) is 5.85. The SMILES string of the molecule is C=CCn1c(SCC(=O)Nc2nc(C)cs2)nnc1-c1ccccc1C. The van der Waals surface area contributed by atoms with Gasteiger partial charge in [-0.3, -0.25) is 9.36 Å². The Labute approximate surface area is 160 Å². The van der Waals surface area contributed by atoms with Crippen molar-refractivity contribution in [3.8, 4) is 11.4 Å². The molecule has 26 heavy (non-hydrogen) atoms. The maximum absolute atomic E-state index is 12.2. The minimum atomic E-state index is -0.116. The summed E-state index contributed by atoms with van der Waals surface area (Å²) in [6, 6.07) is 8.03. The summed E-state index contributed by atoms with van der Waals surface area (Å²) in [5.41, 5.74) is 3.04. The Morgan fingerprint density at radius 1 is 1.35 bits per heavy atom. The van der Waals surface area contributed by atoms with Crippen LogP contribution in [0.3, 0.4) is 0 Å². The van der Waals surface area contributed by atoms with E-state index in [1.54, 1.807) is 6.08 Å². The molecular formula is C18H19N5OS2. The van der Waals surface area contributed by atoms with Crippen LogP contribution < -0.4 is 5.32 Å². The highest BCUT2D eigenvalue weighted by Crippen LogP contribution is 2.26. The van der Waals surface area contributed by atoms with Gasteiger partial charge in [0.1, 0.15) is 0 Å². The zero-order valence-corrected chi connectivity index (χ0v) is 16.2. The molecule has 3 aromatic rings. The predicted molar refractivity (Wildman–Crippen MR) is 107 cm³/mol. The van der Waals surface area contributed by atoms with Gasteiger partial charge >= 0.3 is 0 Å². The number of allylic oxidation sites excluding steroid dienone is 1. The molecule has 0 radical (unpaired) electrons. The second-order valence-corrected chi connectivity index (χ2v) is 7.45. The van der Waals surface area contributed by atoms with Crippen LogP contribution in [-0.4, -0.2) is 31.4 Å². The van der Waals surface area contributed by atoms with E-state index in [9.17, 15) is 4.79 Å². The third kappa shape index (κ3) is 4.20. The summed E-state index contributed by atoms with van der Waals surface area (Å²) in [4.78, 5) is 16.4. The van der Waals surface area contributed by atoms with Crippen molar-refractivity contribution in [1.29, 1.82) is 0 Å². The average molecular weight is 386 g/mol. The Hall–Kier alpha value is -2.45. The van der Waals surface area contributed by atoms with Gasteiger partial charge in [-0.15, -0.1) is 28.1 Å². The lowest BCUT2D eigenvalue weighted by molar-refractivity contribution is -0.113. The predicted octanol–water partition coefficient (Wildman–Crippen LogP) is 3.94. The molecule has 3 rings (SSSR count). The van der Waals surface area contributed by atoms with E-state index in [2.05, 4.69) is 27.1 Å². The van der Waals surface area contributed by atoms with Gasteiger partial charge in [-0.2, -0.15) is 0 Å². The summed E-state index contributed by atoms with van der Waals surface area (Å²) in [5, 5.41) is 14.6. The second kappa shape index (κ2) is 8.29. The highest BCUT2D eigenvalue weighted by Gasteiger charge is 2.16. The van der Waals surface area contributed by atoms with Gasteiger partial charge in [0.05, 0.1) is 11.4 Å². The van der Waals surface area contributed by atoms with Crippen LogP contribution in [-0.2, 0) is 11.3 Å². The molecule has 8 heteroatoms. The number of thiazole rings is 1. The lowest BCUT2D eigenvalue weighted by Crippen LogP contribution is -2.14. The number of hydrogen-bond donors (Lipinski definition) is 1.